The second kappa shape index (κ2) is 4.68. The largest absolute Gasteiger partial charge is 0.311 e. The van der Waals surface area contributed by atoms with Crippen LogP contribution in [-0.4, -0.2) is 21.1 Å². The van der Waals surface area contributed by atoms with Crippen molar-refractivity contribution < 1.29 is 0 Å². The van der Waals surface area contributed by atoms with E-state index in [1.54, 1.807) is 0 Å². The molecule has 3 aromatic heterocycles. The minimum Gasteiger partial charge on any atom is -0.311 e. The summed E-state index contributed by atoms with van der Waals surface area (Å²) in [4.78, 5) is 10.8. The Bertz CT molecular complexity index is 758. The maximum Gasteiger partial charge on any atom is 0.160 e. The van der Waals surface area contributed by atoms with Crippen LogP contribution < -0.4 is 5.32 Å². The van der Waals surface area contributed by atoms with Crippen molar-refractivity contribution in [2.45, 2.75) is 25.9 Å². The number of hydrogen-bond acceptors (Lipinski definition) is 4. The summed E-state index contributed by atoms with van der Waals surface area (Å²) in [7, 11) is 0. The molecule has 5 heteroatoms. The first kappa shape index (κ1) is 12.1. The lowest BCUT2D eigenvalue weighted by atomic mass is 10.0. The highest BCUT2D eigenvalue weighted by molar-refractivity contribution is 7.10. The van der Waals surface area contributed by atoms with Crippen molar-refractivity contribution in [3.63, 3.8) is 0 Å². The van der Waals surface area contributed by atoms with Crippen LogP contribution >= 0.6 is 11.3 Å². The van der Waals surface area contributed by atoms with Crippen molar-refractivity contribution in [1.82, 2.24) is 19.9 Å². The van der Waals surface area contributed by atoms with Gasteiger partial charge in [0.1, 0.15) is 11.3 Å². The Morgan fingerprint density at radius 3 is 3.30 bits per heavy atom. The van der Waals surface area contributed by atoms with Crippen molar-refractivity contribution in [2.24, 2.45) is 0 Å². The number of aryl methyl sites for hydroxylation is 1. The van der Waals surface area contributed by atoms with Gasteiger partial charge in [0.05, 0.1) is 6.04 Å². The summed E-state index contributed by atoms with van der Waals surface area (Å²) in [5.41, 5.74) is 3.34. The molecule has 1 unspecified atom stereocenters. The van der Waals surface area contributed by atoms with Gasteiger partial charge in [-0.05, 0) is 42.5 Å². The van der Waals surface area contributed by atoms with Crippen LogP contribution in [0.1, 0.15) is 29.2 Å². The number of aromatic nitrogens is 3. The van der Waals surface area contributed by atoms with Crippen molar-refractivity contribution in [2.75, 3.05) is 6.54 Å². The molecule has 4 rings (SSSR count). The van der Waals surface area contributed by atoms with E-state index in [0.717, 1.165) is 36.5 Å². The maximum atomic E-state index is 4.83. The third kappa shape index (κ3) is 1.70. The molecule has 0 fully saturated rings. The SMILES string of the molecule is CCn1c(C2NCCc3sccc32)nc2cccnc21. The molecule has 0 aromatic carbocycles. The molecule has 1 atom stereocenters. The average molecular weight is 284 g/mol. The lowest BCUT2D eigenvalue weighted by Gasteiger charge is -2.24. The van der Waals surface area contributed by atoms with E-state index in [1.807, 2.05) is 29.7 Å². The molecule has 0 aliphatic carbocycles. The molecule has 3 aromatic rings. The van der Waals surface area contributed by atoms with Gasteiger partial charge in [0, 0.05) is 24.2 Å². The van der Waals surface area contributed by atoms with E-state index in [2.05, 4.69) is 33.2 Å². The van der Waals surface area contributed by atoms with Crippen molar-refractivity contribution in [3.05, 3.63) is 46.0 Å². The van der Waals surface area contributed by atoms with Gasteiger partial charge in [-0.2, -0.15) is 0 Å². The van der Waals surface area contributed by atoms with E-state index in [9.17, 15) is 0 Å². The first-order chi connectivity index (χ1) is 9.88. The number of nitrogens with one attached hydrogen (secondary N) is 1. The molecular weight excluding hydrogens is 268 g/mol. The summed E-state index contributed by atoms with van der Waals surface area (Å²) < 4.78 is 2.22. The van der Waals surface area contributed by atoms with Gasteiger partial charge >= 0.3 is 0 Å². The molecule has 0 bridgehead atoms. The first-order valence-electron chi connectivity index (χ1n) is 6.99. The molecule has 4 heterocycles. The van der Waals surface area contributed by atoms with Crippen molar-refractivity contribution in [1.29, 1.82) is 0 Å². The predicted octanol–water partition coefficient (Wildman–Crippen LogP) is 2.75. The average Bonchev–Trinajstić information content (AvgIpc) is 3.10. The lowest BCUT2D eigenvalue weighted by Crippen LogP contribution is -2.31. The minimum absolute atomic E-state index is 0.194. The molecule has 1 aliphatic heterocycles. The quantitative estimate of drug-likeness (QED) is 0.787. The van der Waals surface area contributed by atoms with E-state index < -0.39 is 0 Å². The topological polar surface area (TPSA) is 42.7 Å². The molecule has 4 nitrogen and oxygen atoms in total. The van der Waals surface area contributed by atoms with Gasteiger partial charge in [0.25, 0.3) is 0 Å². The molecular formula is C15H16N4S. The Labute approximate surface area is 121 Å². The number of nitrogens with zero attached hydrogens (tertiary/aromatic N) is 3. The zero-order valence-corrected chi connectivity index (χ0v) is 12.2. The monoisotopic (exact) mass is 284 g/mol. The van der Waals surface area contributed by atoms with Gasteiger partial charge < -0.3 is 9.88 Å². The summed E-state index contributed by atoms with van der Waals surface area (Å²) in [5.74, 6) is 1.08. The first-order valence-corrected chi connectivity index (χ1v) is 7.87. The predicted molar refractivity (Wildman–Crippen MR) is 81.1 cm³/mol. The lowest BCUT2D eigenvalue weighted by molar-refractivity contribution is 0.526. The molecule has 0 radical (unpaired) electrons. The number of thiophene rings is 1. The Morgan fingerprint density at radius 1 is 1.45 bits per heavy atom. The van der Waals surface area contributed by atoms with E-state index in [1.165, 1.54) is 10.4 Å². The highest BCUT2D eigenvalue weighted by Gasteiger charge is 2.27. The third-order valence-corrected chi connectivity index (χ3v) is 4.90. The van der Waals surface area contributed by atoms with Crippen LogP contribution in [0.5, 0.6) is 0 Å². The van der Waals surface area contributed by atoms with Crippen molar-refractivity contribution in [3.8, 4) is 0 Å². The third-order valence-electron chi connectivity index (χ3n) is 3.90. The number of imidazole rings is 1. The highest BCUT2D eigenvalue weighted by Crippen LogP contribution is 2.32. The molecule has 1 N–H and O–H groups in total. The molecule has 0 amide bonds. The number of pyridine rings is 1. The van der Waals surface area contributed by atoms with Gasteiger partial charge in [-0.15, -0.1) is 11.3 Å². The molecule has 20 heavy (non-hydrogen) atoms. The minimum atomic E-state index is 0.194. The summed E-state index contributed by atoms with van der Waals surface area (Å²) in [6.07, 6.45) is 2.96. The fraction of sp³-hybridized carbons (Fsp3) is 0.333. The fourth-order valence-electron chi connectivity index (χ4n) is 2.99. The summed E-state index contributed by atoms with van der Waals surface area (Å²) in [6, 6.07) is 6.40. The summed E-state index contributed by atoms with van der Waals surface area (Å²) in [6.45, 7) is 4.05. The molecule has 1 aliphatic rings. The smallest absolute Gasteiger partial charge is 0.160 e. The van der Waals surface area contributed by atoms with Gasteiger partial charge in [0.2, 0.25) is 0 Å². The Hall–Kier alpha value is -1.72. The van der Waals surface area contributed by atoms with E-state index in [4.69, 9.17) is 4.98 Å². The van der Waals surface area contributed by atoms with E-state index in [-0.39, 0.29) is 6.04 Å². The van der Waals surface area contributed by atoms with Gasteiger partial charge in [-0.25, -0.2) is 9.97 Å². The van der Waals surface area contributed by atoms with Crippen LogP contribution in [0.2, 0.25) is 0 Å². The Morgan fingerprint density at radius 2 is 2.40 bits per heavy atom. The van der Waals surface area contributed by atoms with Crippen LogP contribution in [0.4, 0.5) is 0 Å². The maximum absolute atomic E-state index is 4.83. The van der Waals surface area contributed by atoms with Crippen LogP contribution in [0, 0.1) is 0 Å². The Balaban J connectivity index is 1.91. The van der Waals surface area contributed by atoms with E-state index >= 15 is 0 Å². The summed E-state index contributed by atoms with van der Waals surface area (Å²) >= 11 is 1.85. The summed E-state index contributed by atoms with van der Waals surface area (Å²) in [5, 5.41) is 5.79. The van der Waals surface area contributed by atoms with Crippen molar-refractivity contribution >= 4 is 22.5 Å². The zero-order chi connectivity index (χ0) is 13.5. The number of rotatable bonds is 2. The standard InChI is InChI=1S/C15H16N4S/c1-2-19-14-11(4-3-7-17-14)18-15(19)13-10-6-9-20-12(10)5-8-16-13/h3-4,6-7,9,13,16H,2,5,8H2,1H3. The molecule has 0 spiro atoms. The second-order valence-corrected chi connectivity index (χ2v) is 6.00. The van der Waals surface area contributed by atoms with Gasteiger partial charge in [0.15, 0.2) is 5.65 Å². The number of hydrogen-bond donors (Lipinski definition) is 1. The highest BCUT2D eigenvalue weighted by atomic mass is 32.1. The Kier molecular flexibility index (Phi) is 2.82. The normalized spacial score (nSPS) is 18.4. The van der Waals surface area contributed by atoms with E-state index in [0.29, 0.717) is 0 Å². The number of fused-ring (bicyclic) bond motifs is 2. The second-order valence-electron chi connectivity index (χ2n) is 5.00. The molecule has 0 saturated heterocycles. The van der Waals surface area contributed by atoms with Gasteiger partial charge in [-0.1, -0.05) is 0 Å². The fourth-order valence-corrected chi connectivity index (χ4v) is 3.91. The van der Waals surface area contributed by atoms with Gasteiger partial charge in [-0.3, -0.25) is 0 Å². The van der Waals surface area contributed by atoms with Crippen LogP contribution in [-0.2, 0) is 13.0 Å². The molecule has 102 valence electrons. The van der Waals surface area contributed by atoms with Crippen LogP contribution in [0.15, 0.2) is 29.8 Å². The zero-order valence-electron chi connectivity index (χ0n) is 11.3. The van der Waals surface area contributed by atoms with Crippen LogP contribution in [0.25, 0.3) is 11.2 Å². The van der Waals surface area contributed by atoms with Crippen LogP contribution in [0.3, 0.4) is 0 Å². The molecule has 0 saturated carbocycles.